The highest BCUT2D eigenvalue weighted by atomic mass is 32.2. The van der Waals surface area contributed by atoms with Gasteiger partial charge in [0.05, 0.1) is 6.07 Å². The second kappa shape index (κ2) is 5.47. The molecule has 0 bridgehead atoms. The van der Waals surface area contributed by atoms with E-state index in [0.29, 0.717) is 3.53 Å². The Hall–Kier alpha value is -0.250. The largest absolute Gasteiger partial charge is 0.479 e. The molecule has 0 aliphatic heterocycles. The zero-order chi connectivity index (χ0) is 10.5. The first-order valence-electron chi connectivity index (χ1n) is 3.46. The van der Waals surface area contributed by atoms with Crippen molar-refractivity contribution in [3.05, 3.63) is 0 Å². The highest BCUT2D eigenvalue weighted by molar-refractivity contribution is 8.47. The number of hydrogen-bond donors (Lipinski definition) is 1. The van der Waals surface area contributed by atoms with Crippen LogP contribution in [-0.4, -0.2) is 25.1 Å². The predicted octanol–water partition coefficient (Wildman–Crippen LogP) is 2.12. The van der Waals surface area contributed by atoms with Crippen molar-refractivity contribution in [3.8, 4) is 6.07 Å². The van der Waals surface area contributed by atoms with Crippen LogP contribution in [0.3, 0.4) is 0 Å². The maximum absolute atomic E-state index is 10.7. The molecule has 0 radical (unpaired) electrons. The van der Waals surface area contributed by atoms with Crippen LogP contribution in [0.4, 0.5) is 0 Å². The van der Waals surface area contributed by atoms with Gasteiger partial charge in [-0.05, 0) is 12.7 Å². The first-order chi connectivity index (χ1) is 5.96. The summed E-state index contributed by atoms with van der Waals surface area (Å²) in [5.74, 6) is -0.369. The van der Waals surface area contributed by atoms with Gasteiger partial charge in [0.1, 0.15) is 3.53 Å². The van der Waals surface area contributed by atoms with Gasteiger partial charge in [0.25, 0.3) is 0 Å². The Morgan fingerprint density at radius 3 is 2.62 bits per heavy atom. The van der Waals surface area contributed by atoms with Crippen molar-refractivity contribution in [1.82, 2.24) is 0 Å². The fraction of sp³-hybridized carbons (Fsp3) is 0.571. The molecule has 0 aromatic carbocycles. The SMILES string of the molecule is CCSC(=S)SC(C)(C#N)C(=O)O. The summed E-state index contributed by atoms with van der Waals surface area (Å²) in [6, 6.07) is 1.73. The standard InChI is InChI=1S/C7H9NO2S3/c1-3-12-6(11)13-7(2,4-8)5(9)10/h3H2,1-2H3,(H,9,10). The van der Waals surface area contributed by atoms with Crippen molar-refractivity contribution in [3.63, 3.8) is 0 Å². The molecule has 0 aromatic rings. The van der Waals surface area contributed by atoms with E-state index in [1.807, 2.05) is 6.92 Å². The van der Waals surface area contributed by atoms with Crippen molar-refractivity contribution < 1.29 is 9.90 Å². The van der Waals surface area contributed by atoms with E-state index < -0.39 is 10.7 Å². The molecular formula is C7H9NO2S3. The topological polar surface area (TPSA) is 61.1 Å². The zero-order valence-electron chi connectivity index (χ0n) is 7.23. The summed E-state index contributed by atoms with van der Waals surface area (Å²) in [6.45, 7) is 3.27. The number of rotatable bonds is 3. The van der Waals surface area contributed by atoms with E-state index in [9.17, 15) is 4.79 Å². The number of nitriles is 1. The fourth-order valence-corrected chi connectivity index (χ4v) is 3.07. The van der Waals surface area contributed by atoms with Crippen LogP contribution in [-0.2, 0) is 4.79 Å². The molecule has 1 N–H and O–H groups in total. The maximum atomic E-state index is 10.7. The van der Waals surface area contributed by atoms with Crippen LogP contribution in [0.2, 0.25) is 0 Å². The molecule has 0 heterocycles. The number of thiocarbonyl (C=S) groups is 1. The molecule has 0 saturated heterocycles. The van der Waals surface area contributed by atoms with E-state index in [-0.39, 0.29) is 0 Å². The van der Waals surface area contributed by atoms with Gasteiger partial charge in [-0.1, -0.05) is 30.9 Å². The molecule has 0 aromatic heterocycles. The summed E-state index contributed by atoms with van der Waals surface area (Å²) in [4.78, 5) is 10.7. The lowest BCUT2D eigenvalue weighted by molar-refractivity contribution is -0.137. The lowest BCUT2D eigenvalue weighted by Gasteiger charge is -2.14. The summed E-state index contributed by atoms with van der Waals surface area (Å²) in [5.41, 5.74) is 0. The van der Waals surface area contributed by atoms with Crippen molar-refractivity contribution in [2.24, 2.45) is 0 Å². The van der Waals surface area contributed by atoms with Gasteiger partial charge >= 0.3 is 5.97 Å². The van der Waals surface area contributed by atoms with Gasteiger partial charge in [-0.3, -0.25) is 0 Å². The Kier molecular flexibility index (Phi) is 5.37. The van der Waals surface area contributed by atoms with Crippen molar-refractivity contribution >= 4 is 45.2 Å². The monoisotopic (exact) mass is 235 g/mol. The number of aliphatic carboxylic acids is 1. The van der Waals surface area contributed by atoms with Crippen LogP contribution < -0.4 is 0 Å². The molecule has 72 valence electrons. The van der Waals surface area contributed by atoms with Crippen LogP contribution in [0.1, 0.15) is 13.8 Å². The Bertz CT molecular complexity index is 261. The van der Waals surface area contributed by atoms with Crippen LogP contribution >= 0.6 is 35.7 Å². The number of thioether (sulfide) groups is 2. The molecule has 0 rings (SSSR count). The maximum Gasteiger partial charge on any atom is 0.334 e. The number of hydrogen-bond acceptors (Lipinski definition) is 5. The summed E-state index contributed by atoms with van der Waals surface area (Å²) >= 11 is 7.18. The molecule has 3 nitrogen and oxygen atoms in total. The van der Waals surface area contributed by atoms with Crippen LogP contribution in [0, 0.1) is 11.3 Å². The van der Waals surface area contributed by atoms with E-state index in [1.165, 1.54) is 18.7 Å². The number of nitrogens with zero attached hydrogens (tertiary/aromatic N) is 1. The molecule has 1 unspecified atom stereocenters. The fourth-order valence-electron chi connectivity index (χ4n) is 0.428. The average molecular weight is 235 g/mol. The van der Waals surface area contributed by atoms with Gasteiger partial charge in [0.15, 0.2) is 0 Å². The second-order valence-corrected chi connectivity index (χ2v) is 6.12. The van der Waals surface area contributed by atoms with E-state index in [4.69, 9.17) is 22.6 Å². The number of carboxylic acids is 1. The van der Waals surface area contributed by atoms with E-state index >= 15 is 0 Å². The lowest BCUT2D eigenvalue weighted by Crippen LogP contribution is -2.30. The number of carboxylic acid groups (broad SMARTS) is 1. The van der Waals surface area contributed by atoms with Crippen molar-refractivity contribution in [2.45, 2.75) is 18.6 Å². The Morgan fingerprint density at radius 2 is 2.31 bits per heavy atom. The van der Waals surface area contributed by atoms with Gasteiger partial charge < -0.3 is 5.11 Å². The normalized spacial score (nSPS) is 14.2. The minimum atomic E-state index is -1.46. The third-order valence-corrected chi connectivity index (χ3v) is 3.74. The number of carbonyl (C=O) groups is 1. The third kappa shape index (κ3) is 3.98. The predicted molar refractivity (Wildman–Crippen MR) is 60.0 cm³/mol. The van der Waals surface area contributed by atoms with E-state index in [2.05, 4.69) is 0 Å². The summed E-state index contributed by atoms with van der Waals surface area (Å²) in [7, 11) is 0. The Morgan fingerprint density at radius 1 is 1.77 bits per heavy atom. The molecular weight excluding hydrogens is 226 g/mol. The zero-order valence-corrected chi connectivity index (χ0v) is 9.68. The summed E-state index contributed by atoms with van der Waals surface area (Å²) < 4.78 is -0.965. The van der Waals surface area contributed by atoms with Crippen LogP contribution in [0.25, 0.3) is 0 Å². The first kappa shape index (κ1) is 12.8. The summed E-state index contributed by atoms with van der Waals surface area (Å²) in [5, 5.41) is 17.4. The molecule has 0 spiro atoms. The molecule has 0 aliphatic carbocycles. The third-order valence-electron chi connectivity index (χ3n) is 1.17. The minimum absolute atomic E-state index is 0.494. The lowest BCUT2D eigenvalue weighted by atomic mass is 10.2. The highest BCUT2D eigenvalue weighted by Crippen LogP contribution is 2.30. The van der Waals surface area contributed by atoms with Gasteiger partial charge in [-0.15, -0.1) is 11.8 Å². The van der Waals surface area contributed by atoms with Crippen molar-refractivity contribution in [2.75, 3.05) is 5.75 Å². The van der Waals surface area contributed by atoms with Crippen LogP contribution in [0.5, 0.6) is 0 Å². The van der Waals surface area contributed by atoms with E-state index in [1.54, 1.807) is 6.07 Å². The molecule has 6 heteroatoms. The molecule has 0 saturated carbocycles. The van der Waals surface area contributed by atoms with Gasteiger partial charge in [-0.2, -0.15) is 5.26 Å². The smallest absolute Gasteiger partial charge is 0.334 e. The molecule has 0 fully saturated rings. The molecule has 0 amide bonds. The van der Waals surface area contributed by atoms with Gasteiger partial charge in [0, 0.05) is 0 Å². The second-order valence-electron chi connectivity index (χ2n) is 2.24. The molecule has 13 heavy (non-hydrogen) atoms. The van der Waals surface area contributed by atoms with Crippen molar-refractivity contribution in [1.29, 1.82) is 5.26 Å². The first-order valence-corrected chi connectivity index (χ1v) is 5.67. The Balaban J connectivity index is 4.39. The average Bonchev–Trinajstić information content (AvgIpc) is 2.04. The highest BCUT2D eigenvalue weighted by Gasteiger charge is 2.35. The quantitative estimate of drug-likeness (QED) is 0.756. The van der Waals surface area contributed by atoms with Crippen LogP contribution in [0.15, 0.2) is 0 Å². The van der Waals surface area contributed by atoms with E-state index in [0.717, 1.165) is 17.5 Å². The minimum Gasteiger partial charge on any atom is -0.479 e. The summed E-state index contributed by atoms with van der Waals surface area (Å²) in [6.07, 6.45) is 0. The molecule has 0 aliphatic rings. The Labute approximate surface area is 90.9 Å². The molecule has 1 atom stereocenters. The van der Waals surface area contributed by atoms with Gasteiger partial charge in [0.2, 0.25) is 4.75 Å². The van der Waals surface area contributed by atoms with Gasteiger partial charge in [-0.25, -0.2) is 4.79 Å².